The van der Waals surface area contributed by atoms with E-state index in [-0.39, 0.29) is 5.38 Å². The molecule has 1 nitrogen and oxygen atoms in total. The Balaban J connectivity index is 2.24. The second-order valence-electron chi connectivity index (χ2n) is 4.95. The van der Waals surface area contributed by atoms with E-state index in [2.05, 4.69) is 31.3 Å². The first-order chi connectivity index (χ1) is 8.77. The largest absolute Gasteiger partial charge is 0.315 e. The fourth-order valence-electron chi connectivity index (χ4n) is 2.14. The molecule has 0 bridgehead atoms. The lowest BCUT2D eigenvalue weighted by atomic mass is 9.99. The summed E-state index contributed by atoms with van der Waals surface area (Å²) in [5.41, 5.74) is 1.20. The van der Waals surface area contributed by atoms with Gasteiger partial charge in [0.2, 0.25) is 0 Å². The van der Waals surface area contributed by atoms with Crippen LogP contribution in [0, 0.1) is 5.92 Å². The van der Waals surface area contributed by atoms with E-state index >= 15 is 0 Å². The maximum atomic E-state index is 6.37. The number of benzene rings is 1. The van der Waals surface area contributed by atoms with Crippen LogP contribution in [0.25, 0.3) is 0 Å². The Bertz CT molecular complexity index is 299. The Morgan fingerprint density at radius 1 is 1.11 bits per heavy atom. The highest BCUT2D eigenvalue weighted by Gasteiger charge is 2.09. The maximum Gasteiger partial charge on any atom is 0.0709 e. The van der Waals surface area contributed by atoms with Crippen molar-refractivity contribution in [3.8, 4) is 0 Å². The predicted molar refractivity (Wildman–Crippen MR) is 81.2 cm³/mol. The van der Waals surface area contributed by atoms with Gasteiger partial charge in [-0.2, -0.15) is 0 Å². The summed E-state index contributed by atoms with van der Waals surface area (Å²) >= 11 is 6.37. The van der Waals surface area contributed by atoms with Crippen molar-refractivity contribution in [1.82, 2.24) is 5.32 Å². The van der Waals surface area contributed by atoms with Gasteiger partial charge in [-0.1, -0.05) is 63.4 Å². The summed E-state index contributed by atoms with van der Waals surface area (Å²) in [5.74, 6) is 0.796. The quantitative estimate of drug-likeness (QED) is 0.636. The lowest BCUT2D eigenvalue weighted by Crippen LogP contribution is -2.25. The molecule has 1 rings (SSSR count). The van der Waals surface area contributed by atoms with Gasteiger partial charge in [-0.15, -0.1) is 11.6 Å². The van der Waals surface area contributed by atoms with Crippen LogP contribution in [0.5, 0.6) is 0 Å². The van der Waals surface area contributed by atoms with E-state index in [4.69, 9.17) is 11.6 Å². The first-order valence-electron chi connectivity index (χ1n) is 7.17. The van der Waals surface area contributed by atoms with Gasteiger partial charge in [0, 0.05) is 6.54 Å². The van der Waals surface area contributed by atoms with Crippen molar-refractivity contribution in [3.05, 3.63) is 35.9 Å². The molecule has 0 saturated carbocycles. The minimum Gasteiger partial charge on any atom is -0.315 e. The molecule has 0 aliphatic heterocycles. The first kappa shape index (κ1) is 15.5. The van der Waals surface area contributed by atoms with Gasteiger partial charge in [-0.25, -0.2) is 0 Å². The van der Waals surface area contributed by atoms with Crippen molar-refractivity contribution in [1.29, 1.82) is 0 Å². The zero-order valence-corrected chi connectivity index (χ0v) is 12.4. The third-order valence-electron chi connectivity index (χ3n) is 3.46. The Hall–Kier alpha value is -0.530. The summed E-state index contributed by atoms with van der Waals surface area (Å²) in [6.45, 7) is 6.47. The molecule has 0 spiro atoms. The summed E-state index contributed by atoms with van der Waals surface area (Å²) in [4.78, 5) is 0. The molecule has 0 aliphatic rings. The lowest BCUT2D eigenvalue weighted by molar-refractivity contribution is 0.420. The molecule has 1 N–H and O–H groups in total. The predicted octanol–water partition coefficient (Wildman–Crippen LogP) is 4.77. The Morgan fingerprint density at radius 3 is 2.44 bits per heavy atom. The number of unbranched alkanes of at least 4 members (excludes halogenated alkanes) is 1. The Morgan fingerprint density at radius 2 is 1.83 bits per heavy atom. The normalized spacial score (nSPS) is 14.4. The molecule has 2 atom stereocenters. The summed E-state index contributed by atoms with van der Waals surface area (Å²) < 4.78 is 0. The van der Waals surface area contributed by atoms with Gasteiger partial charge in [0.15, 0.2) is 0 Å². The molecule has 0 aromatic heterocycles. The molecule has 1 aromatic rings. The standard InChI is InChI=1S/C16H26ClN/c1-3-5-9-14(4-2)12-18-13-16(17)15-10-7-6-8-11-15/h6-8,10-11,14,16,18H,3-5,9,12-13H2,1-2H3. The third-order valence-corrected chi connectivity index (χ3v) is 3.87. The van der Waals surface area contributed by atoms with E-state index in [0.29, 0.717) is 0 Å². The first-order valence-corrected chi connectivity index (χ1v) is 7.61. The highest BCUT2D eigenvalue weighted by Crippen LogP contribution is 2.19. The zero-order chi connectivity index (χ0) is 13.2. The van der Waals surface area contributed by atoms with E-state index in [1.165, 1.54) is 31.2 Å². The molecule has 0 saturated heterocycles. The third kappa shape index (κ3) is 5.88. The second kappa shape index (κ2) is 9.41. The number of nitrogens with one attached hydrogen (secondary N) is 1. The average Bonchev–Trinajstić information content (AvgIpc) is 2.43. The average molecular weight is 268 g/mol. The number of hydrogen-bond acceptors (Lipinski definition) is 1. The Labute approximate surface area is 117 Å². The molecular weight excluding hydrogens is 242 g/mol. The molecule has 0 radical (unpaired) electrons. The fraction of sp³-hybridized carbons (Fsp3) is 0.625. The zero-order valence-electron chi connectivity index (χ0n) is 11.7. The molecule has 0 amide bonds. The van der Waals surface area contributed by atoms with Crippen molar-refractivity contribution in [3.63, 3.8) is 0 Å². The molecule has 18 heavy (non-hydrogen) atoms. The number of hydrogen-bond donors (Lipinski definition) is 1. The van der Waals surface area contributed by atoms with Crippen LogP contribution in [-0.2, 0) is 0 Å². The van der Waals surface area contributed by atoms with Crippen molar-refractivity contribution in [2.24, 2.45) is 5.92 Å². The molecule has 0 aliphatic carbocycles. The van der Waals surface area contributed by atoms with Crippen LogP contribution in [0.15, 0.2) is 30.3 Å². The van der Waals surface area contributed by atoms with Crippen molar-refractivity contribution < 1.29 is 0 Å². The monoisotopic (exact) mass is 267 g/mol. The second-order valence-corrected chi connectivity index (χ2v) is 5.48. The van der Waals surface area contributed by atoms with Crippen molar-refractivity contribution in [2.45, 2.75) is 44.9 Å². The van der Waals surface area contributed by atoms with Gasteiger partial charge in [-0.3, -0.25) is 0 Å². The van der Waals surface area contributed by atoms with Crippen molar-refractivity contribution >= 4 is 11.6 Å². The van der Waals surface area contributed by atoms with Crippen LogP contribution in [0.4, 0.5) is 0 Å². The fourth-order valence-corrected chi connectivity index (χ4v) is 2.39. The molecule has 2 heteroatoms. The summed E-state index contributed by atoms with van der Waals surface area (Å²) in [6.07, 6.45) is 5.21. The Kier molecular flexibility index (Phi) is 8.11. The van der Waals surface area contributed by atoms with E-state index in [1.807, 2.05) is 18.2 Å². The minimum absolute atomic E-state index is 0.0786. The smallest absolute Gasteiger partial charge is 0.0709 e. The van der Waals surface area contributed by atoms with E-state index in [1.54, 1.807) is 0 Å². The van der Waals surface area contributed by atoms with Gasteiger partial charge in [0.05, 0.1) is 5.38 Å². The molecule has 1 aromatic carbocycles. The van der Waals surface area contributed by atoms with Gasteiger partial charge < -0.3 is 5.32 Å². The highest BCUT2D eigenvalue weighted by molar-refractivity contribution is 6.21. The number of rotatable bonds is 9. The van der Waals surface area contributed by atoms with Crippen molar-refractivity contribution in [2.75, 3.05) is 13.1 Å². The van der Waals surface area contributed by atoms with Crippen LogP contribution in [0.1, 0.15) is 50.5 Å². The number of halogens is 1. The van der Waals surface area contributed by atoms with Gasteiger partial charge in [-0.05, 0) is 24.4 Å². The molecular formula is C16H26ClN. The van der Waals surface area contributed by atoms with E-state index in [0.717, 1.165) is 19.0 Å². The molecule has 102 valence electrons. The summed E-state index contributed by atoms with van der Waals surface area (Å²) in [7, 11) is 0. The SMILES string of the molecule is CCCCC(CC)CNCC(Cl)c1ccccc1. The molecule has 2 unspecified atom stereocenters. The van der Waals surface area contributed by atoms with E-state index < -0.39 is 0 Å². The molecule has 0 fully saturated rings. The molecule has 0 heterocycles. The van der Waals surface area contributed by atoms with Crippen LogP contribution in [0.3, 0.4) is 0 Å². The van der Waals surface area contributed by atoms with Crippen LogP contribution < -0.4 is 5.32 Å². The maximum absolute atomic E-state index is 6.37. The highest BCUT2D eigenvalue weighted by atomic mass is 35.5. The van der Waals surface area contributed by atoms with Crippen LogP contribution in [0.2, 0.25) is 0 Å². The van der Waals surface area contributed by atoms with E-state index in [9.17, 15) is 0 Å². The van der Waals surface area contributed by atoms with Gasteiger partial charge in [0.1, 0.15) is 0 Å². The topological polar surface area (TPSA) is 12.0 Å². The number of alkyl halides is 1. The van der Waals surface area contributed by atoms with Crippen LogP contribution in [-0.4, -0.2) is 13.1 Å². The lowest BCUT2D eigenvalue weighted by Gasteiger charge is -2.17. The minimum atomic E-state index is 0.0786. The summed E-state index contributed by atoms with van der Waals surface area (Å²) in [5, 5.41) is 3.59. The van der Waals surface area contributed by atoms with Gasteiger partial charge >= 0.3 is 0 Å². The summed E-state index contributed by atoms with van der Waals surface area (Å²) in [6, 6.07) is 10.3. The van der Waals surface area contributed by atoms with Crippen LogP contribution >= 0.6 is 11.6 Å². The van der Waals surface area contributed by atoms with Gasteiger partial charge in [0.25, 0.3) is 0 Å².